The first-order valence-electron chi connectivity index (χ1n) is 5.85. The first kappa shape index (κ1) is 12.7. The Bertz CT molecular complexity index is 252. The van der Waals surface area contributed by atoms with Crippen LogP contribution in [-0.2, 0) is 6.42 Å². The molecule has 1 atom stereocenters. The Labute approximate surface area is 97.9 Å². The van der Waals surface area contributed by atoms with E-state index < -0.39 is 0 Å². The van der Waals surface area contributed by atoms with Crippen LogP contribution in [0, 0.1) is 11.8 Å². The van der Waals surface area contributed by atoms with Crippen molar-refractivity contribution in [3.63, 3.8) is 0 Å². The molecule has 15 heavy (non-hydrogen) atoms. The summed E-state index contributed by atoms with van der Waals surface area (Å²) >= 11 is 1.88. The molecule has 0 amide bonds. The van der Waals surface area contributed by atoms with Crippen LogP contribution in [0.4, 0.5) is 0 Å². The molecule has 1 N–H and O–H groups in total. The summed E-state index contributed by atoms with van der Waals surface area (Å²) < 4.78 is 0. The minimum atomic E-state index is 0.592. The minimum Gasteiger partial charge on any atom is -0.314 e. The summed E-state index contributed by atoms with van der Waals surface area (Å²) in [6.07, 6.45) is 1.22. The lowest BCUT2D eigenvalue weighted by Gasteiger charge is -2.22. The van der Waals surface area contributed by atoms with Crippen LogP contribution < -0.4 is 5.32 Å². The van der Waals surface area contributed by atoms with Gasteiger partial charge in [0.1, 0.15) is 0 Å². The molecule has 1 unspecified atom stereocenters. The smallest absolute Gasteiger partial charge is 0.00485 e. The van der Waals surface area contributed by atoms with E-state index in [0.717, 1.165) is 18.4 Å². The van der Waals surface area contributed by atoms with Crippen LogP contribution in [0.5, 0.6) is 0 Å². The van der Waals surface area contributed by atoms with E-state index in [0.29, 0.717) is 6.04 Å². The quantitative estimate of drug-likeness (QED) is 0.780. The van der Waals surface area contributed by atoms with Gasteiger partial charge in [-0.2, -0.15) is 0 Å². The van der Waals surface area contributed by atoms with Crippen LogP contribution in [0.3, 0.4) is 0 Å². The number of nitrogens with one attached hydrogen (secondary N) is 1. The highest BCUT2D eigenvalue weighted by Crippen LogP contribution is 2.20. The van der Waals surface area contributed by atoms with Gasteiger partial charge in [0, 0.05) is 10.9 Å². The lowest BCUT2D eigenvalue weighted by atomic mass is 9.91. The van der Waals surface area contributed by atoms with Crippen molar-refractivity contribution in [3.05, 3.63) is 22.4 Å². The van der Waals surface area contributed by atoms with Crippen LogP contribution in [0.15, 0.2) is 17.5 Å². The number of hydrogen-bond acceptors (Lipinski definition) is 2. The van der Waals surface area contributed by atoms with E-state index in [1.807, 2.05) is 11.3 Å². The molecule has 0 aliphatic carbocycles. The van der Waals surface area contributed by atoms with Crippen LogP contribution in [-0.4, -0.2) is 12.6 Å². The van der Waals surface area contributed by atoms with Crippen molar-refractivity contribution in [3.8, 4) is 0 Å². The fourth-order valence-corrected chi connectivity index (χ4v) is 2.42. The summed E-state index contributed by atoms with van der Waals surface area (Å²) in [6, 6.07) is 4.98. The summed E-state index contributed by atoms with van der Waals surface area (Å²) in [6.45, 7) is 10.2. The predicted molar refractivity (Wildman–Crippen MR) is 69.5 cm³/mol. The van der Waals surface area contributed by atoms with Gasteiger partial charge in [-0.25, -0.2) is 0 Å². The van der Waals surface area contributed by atoms with Crippen molar-refractivity contribution in [1.29, 1.82) is 0 Å². The average Bonchev–Trinajstić information content (AvgIpc) is 2.63. The normalized spacial score (nSPS) is 13.7. The molecule has 86 valence electrons. The Morgan fingerprint density at radius 2 is 2.00 bits per heavy atom. The SMILES string of the molecule is CC(C)NCC(Cc1cccs1)C(C)C. The van der Waals surface area contributed by atoms with E-state index in [2.05, 4.69) is 50.5 Å². The zero-order valence-corrected chi connectivity index (χ0v) is 11.1. The Morgan fingerprint density at radius 1 is 1.27 bits per heavy atom. The van der Waals surface area contributed by atoms with Gasteiger partial charge in [-0.1, -0.05) is 33.8 Å². The molecule has 0 aromatic carbocycles. The standard InChI is InChI=1S/C13H23NS/c1-10(2)12(9-14-11(3)4)8-13-6-5-7-15-13/h5-7,10-12,14H,8-9H2,1-4H3. The molecule has 0 spiro atoms. The molecule has 0 aliphatic rings. The van der Waals surface area contributed by atoms with Crippen molar-refractivity contribution < 1.29 is 0 Å². The number of rotatable bonds is 6. The van der Waals surface area contributed by atoms with Gasteiger partial charge in [0.25, 0.3) is 0 Å². The highest BCUT2D eigenvalue weighted by Gasteiger charge is 2.14. The summed E-state index contributed by atoms with van der Waals surface area (Å²) in [5, 5.41) is 5.71. The Hall–Kier alpha value is -0.340. The van der Waals surface area contributed by atoms with Gasteiger partial charge < -0.3 is 5.32 Å². The molecule has 0 fully saturated rings. The zero-order chi connectivity index (χ0) is 11.3. The number of thiophene rings is 1. The Kier molecular flexibility index (Phi) is 5.34. The van der Waals surface area contributed by atoms with Crippen molar-refractivity contribution in [2.24, 2.45) is 11.8 Å². The van der Waals surface area contributed by atoms with E-state index in [4.69, 9.17) is 0 Å². The summed E-state index contributed by atoms with van der Waals surface area (Å²) in [5.74, 6) is 1.50. The van der Waals surface area contributed by atoms with Gasteiger partial charge in [0.2, 0.25) is 0 Å². The van der Waals surface area contributed by atoms with Gasteiger partial charge in [0.15, 0.2) is 0 Å². The first-order chi connectivity index (χ1) is 7.09. The van der Waals surface area contributed by atoms with E-state index in [-0.39, 0.29) is 0 Å². The highest BCUT2D eigenvalue weighted by atomic mass is 32.1. The first-order valence-corrected chi connectivity index (χ1v) is 6.73. The molecule has 1 heterocycles. The fraction of sp³-hybridized carbons (Fsp3) is 0.692. The molecule has 0 saturated heterocycles. The Morgan fingerprint density at radius 3 is 2.47 bits per heavy atom. The molecular formula is C13H23NS. The molecule has 0 radical (unpaired) electrons. The molecule has 0 bridgehead atoms. The lowest BCUT2D eigenvalue weighted by molar-refractivity contribution is 0.351. The van der Waals surface area contributed by atoms with Crippen molar-refractivity contribution in [2.45, 2.75) is 40.2 Å². The average molecular weight is 225 g/mol. The van der Waals surface area contributed by atoms with Gasteiger partial charge >= 0.3 is 0 Å². The molecule has 0 saturated carbocycles. The van der Waals surface area contributed by atoms with Crippen molar-refractivity contribution in [1.82, 2.24) is 5.32 Å². The second-order valence-corrected chi connectivity index (χ2v) is 5.88. The maximum atomic E-state index is 3.54. The second-order valence-electron chi connectivity index (χ2n) is 4.85. The van der Waals surface area contributed by atoms with E-state index >= 15 is 0 Å². The van der Waals surface area contributed by atoms with Gasteiger partial charge in [-0.05, 0) is 36.2 Å². The van der Waals surface area contributed by atoms with Gasteiger partial charge in [0.05, 0.1) is 0 Å². The van der Waals surface area contributed by atoms with E-state index in [9.17, 15) is 0 Å². The van der Waals surface area contributed by atoms with Crippen LogP contribution in [0.2, 0.25) is 0 Å². The summed E-state index contributed by atoms with van der Waals surface area (Å²) in [5.41, 5.74) is 0. The monoisotopic (exact) mass is 225 g/mol. The Balaban J connectivity index is 2.44. The molecule has 0 aliphatic heterocycles. The van der Waals surface area contributed by atoms with Crippen LogP contribution >= 0.6 is 11.3 Å². The predicted octanol–water partition coefficient (Wildman–Crippen LogP) is 3.56. The highest BCUT2D eigenvalue weighted by molar-refractivity contribution is 7.09. The largest absolute Gasteiger partial charge is 0.314 e. The van der Waals surface area contributed by atoms with Crippen LogP contribution in [0.1, 0.15) is 32.6 Å². The maximum absolute atomic E-state index is 3.54. The third kappa shape index (κ3) is 4.80. The molecule has 1 aromatic heterocycles. The zero-order valence-electron chi connectivity index (χ0n) is 10.3. The third-order valence-corrected chi connectivity index (χ3v) is 3.67. The number of hydrogen-bond donors (Lipinski definition) is 1. The van der Waals surface area contributed by atoms with Crippen LogP contribution in [0.25, 0.3) is 0 Å². The van der Waals surface area contributed by atoms with Crippen molar-refractivity contribution in [2.75, 3.05) is 6.54 Å². The topological polar surface area (TPSA) is 12.0 Å². The molecule has 1 aromatic rings. The van der Waals surface area contributed by atoms with Crippen molar-refractivity contribution >= 4 is 11.3 Å². The summed E-state index contributed by atoms with van der Waals surface area (Å²) in [7, 11) is 0. The fourth-order valence-electron chi connectivity index (χ4n) is 1.62. The van der Waals surface area contributed by atoms with Gasteiger partial charge in [-0.15, -0.1) is 11.3 Å². The third-order valence-electron chi connectivity index (χ3n) is 2.77. The molecule has 2 heteroatoms. The second kappa shape index (κ2) is 6.29. The minimum absolute atomic E-state index is 0.592. The van der Waals surface area contributed by atoms with E-state index in [1.165, 1.54) is 11.3 Å². The lowest BCUT2D eigenvalue weighted by Crippen LogP contribution is -2.32. The van der Waals surface area contributed by atoms with E-state index in [1.54, 1.807) is 0 Å². The maximum Gasteiger partial charge on any atom is 0.00485 e. The van der Waals surface area contributed by atoms with Gasteiger partial charge in [-0.3, -0.25) is 0 Å². The molecular weight excluding hydrogens is 202 g/mol. The molecule has 1 nitrogen and oxygen atoms in total. The summed E-state index contributed by atoms with van der Waals surface area (Å²) in [4.78, 5) is 1.51. The molecule has 1 rings (SSSR count).